The molecular formula is C22H39IO5Si. The lowest BCUT2D eigenvalue weighted by molar-refractivity contribution is -0.151. The summed E-state index contributed by atoms with van der Waals surface area (Å²) < 4.78 is 14.2. The molecule has 0 unspecified atom stereocenters. The molecule has 7 heteroatoms. The van der Waals surface area contributed by atoms with E-state index in [4.69, 9.17) is 9.16 Å². The zero-order valence-corrected chi connectivity index (χ0v) is 22.3. The largest absolute Gasteiger partial charge is 0.457 e. The summed E-state index contributed by atoms with van der Waals surface area (Å²) in [7, 11) is -2.11. The highest BCUT2D eigenvalue weighted by Crippen LogP contribution is 2.38. The van der Waals surface area contributed by atoms with Crippen LogP contribution in [0.5, 0.6) is 0 Å². The first kappa shape index (κ1) is 26.8. The molecule has 0 aromatic heterocycles. The van der Waals surface area contributed by atoms with Crippen molar-refractivity contribution in [2.75, 3.05) is 0 Å². The van der Waals surface area contributed by atoms with Crippen molar-refractivity contribution < 1.29 is 24.2 Å². The van der Waals surface area contributed by atoms with Crippen LogP contribution >= 0.6 is 22.6 Å². The number of cyclic esters (lactones) is 1. The molecule has 1 rings (SSSR count). The Kier molecular flexibility index (Phi) is 9.61. The van der Waals surface area contributed by atoms with E-state index in [2.05, 4.69) is 56.5 Å². The molecule has 0 aromatic carbocycles. The van der Waals surface area contributed by atoms with Gasteiger partial charge in [-0.2, -0.15) is 0 Å². The molecule has 29 heavy (non-hydrogen) atoms. The fraction of sp³-hybridized carbons (Fsp3) is 0.773. The van der Waals surface area contributed by atoms with Crippen molar-refractivity contribution in [2.45, 2.75) is 103 Å². The molecule has 2 N–H and O–H groups in total. The summed E-state index contributed by atoms with van der Waals surface area (Å²) in [5.41, 5.74) is -0.353. The van der Waals surface area contributed by atoms with Crippen LogP contribution < -0.4 is 0 Å². The van der Waals surface area contributed by atoms with Gasteiger partial charge in [0.15, 0.2) is 8.32 Å². The fourth-order valence-electron chi connectivity index (χ4n) is 3.04. The molecule has 1 aliphatic rings. The van der Waals surface area contributed by atoms with Crippen molar-refractivity contribution in [3.63, 3.8) is 0 Å². The average Bonchev–Trinajstić information content (AvgIpc) is 2.59. The first-order chi connectivity index (χ1) is 13.1. The Morgan fingerprint density at radius 3 is 2.48 bits per heavy atom. The molecule has 0 fully saturated rings. The Bertz CT molecular complexity index is 621. The van der Waals surface area contributed by atoms with Gasteiger partial charge in [-0.25, -0.2) is 0 Å². The average molecular weight is 539 g/mol. The molecule has 1 aliphatic heterocycles. The van der Waals surface area contributed by atoms with Gasteiger partial charge in [0.2, 0.25) is 0 Å². The normalized spacial score (nSPS) is 34.7. The SMILES string of the molecule is C/C(=C\I)[C@H]1OC(=O)C[C@H](O[Si](C)(C)C(C)(C)C)CC[C@@](C)(O)[C@@H](O)/C=C/[C@@H]1C. The number of hydrogen-bond donors (Lipinski definition) is 2. The predicted octanol–water partition coefficient (Wildman–Crippen LogP) is 5.12. The van der Waals surface area contributed by atoms with Gasteiger partial charge in [-0.1, -0.05) is 62.4 Å². The number of carbonyl (C=O) groups excluding carboxylic acids is 1. The van der Waals surface area contributed by atoms with Crippen LogP contribution in [0.25, 0.3) is 0 Å². The quantitative estimate of drug-likeness (QED) is 0.226. The lowest BCUT2D eigenvalue weighted by atomic mass is 9.89. The van der Waals surface area contributed by atoms with Gasteiger partial charge in [-0.3, -0.25) is 4.79 Å². The maximum absolute atomic E-state index is 12.8. The molecule has 0 bridgehead atoms. The Balaban J connectivity index is 3.23. The lowest BCUT2D eigenvalue weighted by Gasteiger charge is -2.40. The number of halogens is 1. The van der Waals surface area contributed by atoms with Crippen molar-refractivity contribution in [2.24, 2.45) is 5.92 Å². The molecular weight excluding hydrogens is 499 g/mol. The maximum Gasteiger partial charge on any atom is 0.308 e. The summed E-state index contributed by atoms with van der Waals surface area (Å²) in [6, 6.07) is 0. The summed E-state index contributed by atoms with van der Waals surface area (Å²) in [5, 5.41) is 21.3. The van der Waals surface area contributed by atoms with Gasteiger partial charge in [0, 0.05) is 5.92 Å². The van der Waals surface area contributed by atoms with E-state index in [1.54, 1.807) is 13.0 Å². The van der Waals surface area contributed by atoms with E-state index in [1.165, 1.54) is 0 Å². The van der Waals surface area contributed by atoms with E-state index in [1.807, 2.05) is 24.0 Å². The minimum atomic E-state index is -2.11. The third-order valence-electron chi connectivity index (χ3n) is 6.23. The van der Waals surface area contributed by atoms with E-state index in [9.17, 15) is 15.0 Å². The molecule has 5 nitrogen and oxygen atoms in total. The summed E-state index contributed by atoms with van der Waals surface area (Å²) in [6.45, 7) is 16.3. The minimum Gasteiger partial charge on any atom is -0.457 e. The van der Waals surface area contributed by atoms with Crippen molar-refractivity contribution in [1.82, 2.24) is 0 Å². The molecule has 0 spiro atoms. The summed E-state index contributed by atoms with van der Waals surface area (Å²) in [6.07, 6.45) is 2.59. The summed E-state index contributed by atoms with van der Waals surface area (Å²) in [4.78, 5) is 12.8. The number of esters is 1. The first-order valence-corrected chi connectivity index (χ1v) is 14.5. The zero-order chi connectivity index (χ0) is 22.6. The van der Waals surface area contributed by atoms with Gasteiger partial charge >= 0.3 is 5.97 Å². The Labute approximate surface area is 191 Å². The molecule has 168 valence electrons. The van der Waals surface area contributed by atoms with Gasteiger partial charge < -0.3 is 19.4 Å². The molecule has 5 atom stereocenters. The van der Waals surface area contributed by atoms with E-state index in [0.717, 1.165) is 5.57 Å². The standard InChI is InChI=1S/C22H39IO5Si/c1-15-9-10-18(24)22(6,26)12-11-17(28-29(7,8)21(3,4)5)13-19(25)27-20(15)16(2)14-23/h9-10,14-15,17-18,20,24,26H,11-13H2,1-8H3/b10-9+,16-14+/t15-,17+,18-,20-,22+/m0/s1. The number of ether oxygens (including phenoxy) is 1. The predicted molar refractivity (Wildman–Crippen MR) is 129 cm³/mol. The van der Waals surface area contributed by atoms with Crippen LogP contribution in [0, 0.1) is 5.92 Å². The smallest absolute Gasteiger partial charge is 0.308 e. The maximum atomic E-state index is 12.8. The van der Waals surface area contributed by atoms with E-state index in [0.29, 0.717) is 12.8 Å². The van der Waals surface area contributed by atoms with Crippen LogP contribution in [0.2, 0.25) is 18.1 Å². The molecule has 1 heterocycles. The molecule has 0 saturated carbocycles. The number of aliphatic hydroxyl groups excluding tert-OH is 1. The second kappa shape index (κ2) is 10.4. The Morgan fingerprint density at radius 2 is 1.97 bits per heavy atom. The van der Waals surface area contributed by atoms with Gasteiger partial charge in [-0.05, 0) is 54.5 Å². The molecule has 0 saturated heterocycles. The fourth-order valence-corrected chi connectivity index (χ4v) is 4.78. The van der Waals surface area contributed by atoms with Gasteiger partial charge in [0.05, 0.1) is 18.1 Å². The lowest BCUT2D eigenvalue weighted by Crippen LogP contribution is -2.46. The topological polar surface area (TPSA) is 76.0 Å². The number of hydrogen-bond acceptors (Lipinski definition) is 5. The molecule has 0 radical (unpaired) electrons. The van der Waals surface area contributed by atoms with Gasteiger partial charge in [0.25, 0.3) is 0 Å². The zero-order valence-electron chi connectivity index (χ0n) is 19.2. The van der Waals surface area contributed by atoms with Gasteiger partial charge in [0.1, 0.15) is 12.2 Å². The van der Waals surface area contributed by atoms with Crippen LogP contribution in [0.3, 0.4) is 0 Å². The third-order valence-corrected chi connectivity index (χ3v) is 11.7. The Morgan fingerprint density at radius 1 is 1.38 bits per heavy atom. The first-order valence-electron chi connectivity index (χ1n) is 10.3. The summed E-state index contributed by atoms with van der Waals surface area (Å²) in [5.74, 6) is -0.424. The van der Waals surface area contributed by atoms with Crippen molar-refractivity contribution in [3.05, 3.63) is 21.8 Å². The van der Waals surface area contributed by atoms with Crippen LogP contribution in [-0.2, 0) is 14.0 Å². The Hall–Kier alpha value is -0.223. The second-order valence-electron chi connectivity index (χ2n) is 10.1. The molecule has 0 aromatic rings. The molecule has 0 aliphatic carbocycles. The molecule has 0 amide bonds. The van der Waals surface area contributed by atoms with Crippen LogP contribution in [0.15, 0.2) is 21.8 Å². The van der Waals surface area contributed by atoms with E-state index >= 15 is 0 Å². The van der Waals surface area contributed by atoms with Crippen LogP contribution in [0.1, 0.15) is 60.8 Å². The van der Waals surface area contributed by atoms with Crippen molar-refractivity contribution in [3.8, 4) is 0 Å². The third kappa shape index (κ3) is 7.76. The number of carbonyl (C=O) groups is 1. The van der Waals surface area contributed by atoms with Crippen LogP contribution in [-0.4, -0.2) is 48.4 Å². The highest BCUT2D eigenvalue weighted by Gasteiger charge is 2.41. The highest BCUT2D eigenvalue weighted by atomic mass is 127. The van der Waals surface area contributed by atoms with Crippen molar-refractivity contribution >= 4 is 36.9 Å². The number of aliphatic hydroxyl groups is 2. The number of rotatable bonds is 3. The van der Waals surface area contributed by atoms with Crippen LogP contribution in [0.4, 0.5) is 0 Å². The summed E-state index contributed by atoms with van der Waals surface area (Å²) >= 11 is 2.14. The monoisotopic (exact) mass is 538 g/mol. The highest BCUT2D eigenvalue weighted by molar-refractivity contribution is 14.1. The van der Waals surface area contributed by atoms with E-state index in [-0.39, 0.29) is 29.5 Å². The van der Waals surface area contributed by atoms with Crippen molar-refractivity contribution in [1.29, 1.82) is 0 Å². The van der Waals surface area contributed by atoms with E-state index < -0.39 is 26.1 Å². The van der Waals surface area contributed by atoms with Gasteiger partial charge in [-0.15, -0.1) is 0 Å². The second-order valence-corrected chi connectivity index (χ2v) is 15.4. The minimum absolute atomic E-state index is 0.00292.